The van der Waals surface area contributed by atoms with Crippen molar-refractivity contribution in [1.29, 1.82) is 0 Å². The number of aromatic nitrogens is 1. The second-order valence-corrected chi connectivity index (χ2v) is 6.71. The van der Waals surface area contributed by atoms with Gasteiger partial charge in [-0.1, -0.05) is 15.9 Å². The van der Waals surface area contributed by atoms with Crippen LogP contribution >= 0.6 is 27.3 Å². The molecule has 7 heteroatoms. The van der Waals surface area contributed by atoms with Gasteiger partial charge in [0.15, 0.2) is 0 Å². The minimum Gasteiger partial charge on any atom is -0.481 e. The van der Waals surface area contributed by atoms with E-state index in [2.05, 4.69) is 20.9 Å². The van der Waals surface area contributed by atoms with Gasteiger partial charge in [0.2, 0.25) is 5.91 Å². The number of hydrogen-bond donors (Lipinski definition) is 1. The largest absolute Gasteiger partial charge is 0.481 e. The molecule has 1 amide bonds. The first-order chi connectivity index (χ1) is 9.95. The SMILES string of the molecule is CN(CCC(=O)O)C(=O)CCc1nc2cc(Br)ccc2s1. The average Bonchev–Trinajstić information content (AvgIpc) is 2.83. The fourth-order valence-electron chi connectivity index (χ4n) is 1.85. The molecule has 0 aliphatic heterocycles. The number of benzene rings is 1. The van der Waals surface area contributed by atoms with Crippen LogP contribution in [-0.4, -0.2) is 40.5 Å². The third kappa shape index (κ3) is 4.50. The molecule has 2 aromatic rings. The Kier molecular flexibility index (Phi) is 5.30. The van der Waals surface area contributed by atoms with Gasteiger partial charge in [-0.2, -0.15) is 0 Å². The minimum atomic E-state index is -0.897. The van der Waals surface area contributed by atoms with Gasteiger partial charge < -0.3 is 10.0 Å². The Labute approximate surface area is 134 Å². The van der Waals surface area contributed by atoms with Gasteiger partial charge in [0.25, 0.3) is 0 Å². The highest BCUT2D eigenvalue weighted by Gasteiger charge is 2.12. The van der Waals surface area contributed by atoms with Gasteiger partial charge in [-0.3, -0.25) is 9.59 Å². The fourth-order valence-corrected chi connectivity index (χ4v) is 3.14. The maximum Gasteiger partial charge on any atom is 0.305 e. The molecule has 21 heavy (non-hydrogen) atoms. The number of hydrogen-bond acceptors (Lipinski definition) is 4. The Morgan fingerprint density at radius 3 is 2.86 bits per heavy atom. The van der Waals surface area contributed by atoms with Gasteiger partial charge in [-0.05, 0) is 18.2 Å². The molecular weight excluding hydrogens is 356 g/mol. The molecule has 1 aromatic heterocycles. The highest BCUT2D eigenvalue weighted by Crippen LogP contribution is 2.25. The maximum atomic E-state index is 11.9. The number of rotatable bonds is 6. The predicted octanol–water partition coefficient (Wildman–Crippen LogP) is 2.92. The Hall–Kier alpha value is -1.47. The van der Waals surface area contributed by atoms with Crippen LogP contribution < -0.4 is 0 Å². The lowest BCUT2D eigenvalue weighted by atomic mass is 10.2. The van der Waals surface area contributed by atoms with Crippen molar-refractivity contribution in [2.45, 2.75) is 19.3 Å². The lowest BCUT2D eigenvalue weighted by molar-refractivity contribution is -0.138. The van der Waals surface area contributed by atoms with Gasteiger partial charge in [-0.15, -0.1) is 11.3 Å². The van der Waals surface area contributed by atoms with Crippen molar-refractivity contribution < 1.29 is 14.7 Å². The van der Waals surface area contributed by atoms with Crippen LogP contribution in [0, 0.1) is 0 Å². The van der Waals surface area contributed by atoms with Gasteiger partial charge >= 0.3 is 5.97 Å². The molecule has 0 radical (unpaired) electrons. The summed E-state index contributed by atoms with van der Waals surface area (Å²) >= 11 is 4.99. The summed E-state index contributed by atoms with van der Waals surface area (Å²) in [7, 11) is 1.63. The first-order valence-electron chi connectivity index (χ1n) is 6.46. The molecular formula is C14H15BrN2O3S. The Morgan fingerprint density at radius 1 is 1.38 bits per heavy atom. The Morgan fingerprint density at radius 2 is 2.14 bits per heavy atom. The molecule has 1 N–H and O–H groups in total. The molecule has 112 valence electrons. The maximum absolute atomic E-state index is 11.9. The van der Waals surface area contributed by atoms with Crippen LogP contribution in [-0.2, 0) is 16.0 Å². The smallest absolute Gasteiger partial charge is 0.305 e. The summed E-state index contributed by atoms with van der Waals surface area (Å²) in [6.07, 6.45) is 0.891. The van der Waals surface area contributed by atoms with Gasteiger partial charge in [0.1, 0.15) is 0 Å². The molecule has 5 nitrogen and oxygen atoms in total. The second kappa shape index (κ2) is 7.00. The summed E-state index contributed by atoms with van der Waals surface area (Å²) in [5, 5.41) is 9.52. The third-order valence-electron chi connectivity index (χ3n) is 3.03. The minimum absolute atomic E-state index is 0.0304. The lowest BCUT2D eigenvalue weighted by Gasteiger charge is -2.15. The molecule has 1 heterocycles. The van der Waals surface area contributed by atoms with Crippen LogP contribution in [0.15, 0.2) is 22.7 Å². The van der Waals surface area contributed by atoms with Crippen molar-refractivity contribution in [3.8, 4) is 0 Å². The molecule has 0 bridgehead atoms. The molecule has 0 saturated carbocycles. The van der Waals surface area contributed by atoms with E-state index in [0.29, 0.717) is 12.8 Å². The van der Waals surface area contributed by atoms with E-state index < -0.39 is 5.97 Å². The monoisotopic (exact) mass is 370 g/mol. The van der Waals surface area contributed by atoms with Crippen molar-refractivity contribution in [2.24, 2.45) is 0 Å². The third-order valence-corrected chi connectivity index (χ3v) is 4.62. The van der Waals surface area contributed by atoms with Crippen molar-refractivity contribution in [3.05, 3.63) is 27.7 Å². The second-order valence-electron chi connectivity index (χ2n) is 4.68. The molecule has 1 aromatic carbocycles. The zero-order valence-corrected chi connectivity index (χ0v) is 13.9. The van der Waals surface area contributed by atoms with Crippen LogP contribution in [0.4, 0.5) is 0 Å². The number of nitrogens with zero attached hydrogens (tertiary/aromatic N) is 2. The number of aliphatic carboxylic acids is 1. The quantitative estimate of drug-likeness (QED) is 0.848. The van der Waals surface area contributed by atoms with E-state index in [1.165, 1.54) is 4.90 Å². The molecule has 0 atom stereocenters. The molecule has 0 aliphatic rings. The van der Waals surface area contributed by atoms with Crippen LogP contribution in [0.25, 0.3) is 10.2 Å². The number of carbonyl (C=O) groups excluding carboxylic acids is 1. The standard InChI is InChI=1S/C14H15BrN2O3S/c1-17(7-6-14(19)20)13(18)5-4-12-16-10-8-9(15)2-3-11(10)21-12/h2-3,8H,4-7H2,1H3,(H,19,20). The normalized spacial score (nSPS) is 10.8. The van der Waals surface area contributed by atoms with E-state index in [0.717, 1.165) is 19.7 Å². The zero-order valence-electron chi connectivity index (χ0n) is 11.5. The number of halogens is 1. The Balaban J connectivity index is 1.91. The number of amides is 1. The lowest BCUT2D eigenvalue weighted by Crippen LogP contribution is -2.29. The fraction of sp³-hybridized carbons (Fsp3) is 0.357. The average molecular weight is 371 g/mol. The van der Waals surface area contributed by atoms with Crippen molar-refractivity contribution in [1.82, 2.24) is 9.88 Å². The number of carboxylic acids is 1. The van der Waals surface area contributed by atoms with E-state index >= 15 is 0 Å². The topological polar surface area (TPSA) is 70.5 Å². The van der Waals surface area contributed by atoms with Crippen LogP contribution in [0.2, 0.25) is 0 Å². The molecule has 0 spiro atoms. The summed E-state index contributed by atoms with van der Waals surface area (Å²) in [5.41, 5.74) is 0.927. The summed E-state index contributed by atoms with van der Waals surface area (Å²) in [6, 6.07) is 5.92. The molecule has 2 rings (SSSR count). The van der Waals surface area contributed by atoms with Crippen molar-refractivity contribution in [2.75, 3.05) is 13.6 Å². The highest BCUT2D eigenvalue weighted by molar-refractivity contribution is 9.10. The molecule has 0 fully saturated rings. The van der Waals surface area contributed by atoms with E-state index in [9.17, 15) is 9.59 Å². The van der Waals surface area contributed by atoms with Gasteiger partial charge in [-0.25, -0.2) is 4.98 Å². The van der Waals surface area contributed by atoms with Gasteiger partial charge in [0, 0.05) is 30.9 Å². The summed E-state index contributed by atoms with van der Waals surface area (Å²) in [6.45, 7) is 0.237. The molecule has 0 unspecified atom stereocenters. The van der Waals surface area contributed by atoms with Crippen LogP contribution in [0.3, 0.4) is 0 Å². The zero-order chi connectivity index (χ0) is 15.4. The van der Waals surface area contributed by atoms with E-state index in [4.69, 9.17) is 5.11 Å². The number of aryl methyl sites for hydroxylation is 1. The number of thiazole rings is 1. The highest BCUT2D eigenvalue weighted by atomic mass is 79.9. The number of carboxylic acid groups (broad SMARTS) is 1. The summed E-state index contributed by atoms with van der Waals surface area (Å²) in [4.78, 5) is 28.3. The van der Waals surface area contributed by atoms with Gasteiger partial charge in [0.05, 0.1) is 21.6 Å². The van der Waals surface area contributed by atoms with Crippen molar-refractivity contribution in [3.63, 3.8) is 0 Å². The van der Waals surface area contributed by atoms with Crippen molar-refractivity contribution >= 4 is 49.4 Å². The Bertz CT molecular complexity index is 671. The number of fused-ring (bicyclic) bond motifs is 1. The predicted molar refractivity (Wildman–Crippen MR) is 85.5 cm³/mol. The van der Waals surface area contributed by atoms with E-state index in [1.54, 1.807) is 18.4 Å². The molecule has 0 aliphatic carbocycles. The number of carbonyl (C=O) groups is 2. The molecule has 0 saturated heterocycles. The van der Waals surface area contributed by atoms with E-state index in [-0.39, 0.29) is 18.9 Å². The van der Waals surface area contributed by atoms with Crippen LogP contribution in [0.1, 0.15) is 17.8 Å². The first-order valence-corrected chi connectivity index (χ1v) is 8.07. The summed E-state index contributed by atoms with van der Waals surface area (Å²) in [5.74, 6) is -0.955. The summed E-state index contributed by atoms with van der Waals surface area (Å²) < 4.78 is 2.08. The van der Waals surface area contributed by atoms with Crippen LogP contribution in [0.5, 0.6) is 0 Å². The van der Waals surface area contributed by atoms with E-state index in [1.807, 2.05) is 18.2 Å². The first kappa shape index (κ1) is 15.9.